The Labute approximate surface area is 136 Å². The van der Waals surface area contributed by atoms with Gasteiger partial charge in [-0.05, 0) is 38.5 Å². The van der Waals surface area contributed by atoms with Crippen molar-refractivity contribution >= 4 is 23.4 Å². The molecule has 23 heavy (non-hydrogen) atoms. The van der Waals surface area contributed by atoms with E-state index in [1.165, 1.54) is 6.07 Å². The first kappa shape index (κ1) is 15.5. The Bertz CT molecular complexity index is 755. The van der Waals surface area contributed by atoms with Crippen molar-refractivity contribution in [1.82, 2.24) is 9.97 Å². The van der Waals surface area contributed by atoms with Crippen molar-refractivity contribution in [2.75, 3.05) is 29.9 Å². The Morgan fingerprint density at radius 3 is 2.70 bits per heavy atom. The van der Waals surface area contributed by atoms with Gasteiger partial charge in [-0.25, -0.2) is 9.37 Å². The van der Waals surface area contributed by atoms with Gasteiger partial charge in [-0.15, -0.1) is 0 Å². The van der Waals surface area contributed by atoms with Gasteiger partial charge in [0.05, 0.1) is 5.69 Å². The number of likely N-dealkylation sites (N-methyl/N-ethyl adjacent to an activating group) is 1. The molecule has 2 heterocycles. The molecule has 1 aromatic carbocycles. The highest BCUT2D eigenvalue weighted by molar-refractivity contribution is 5.91. The monoisotopic (exact) mass is 312 g/mol. The molecule has 0 unspecified atom stereocenters. The van der Waals surface area contributed by atoms with Crippen molar-refractivity contribution in [2.24, 2.45) is 0 Å². The summed E-state index contributed by atoms with van der Waals surface area (Å²) in [5.41, 5.74) is 3.48. The molecule has 5 heteroatoms. The molecule has 3 rings (SSSR count). The molecule has 1 aromatic heterocycles. The van der Waals surface area contributed by atoms with E-state index in [4.69, 9.17) is 0 Å². The molecule has 0 aliphatic carbocycles. The molecule has 0 bridgehead atoms. The zero-order chi connectivity index (χ0) is 16.4. The average molecular weight is 312 g/mol. The number of benzene rings is 1. The van der Waals surface area contributed by atoms with E-state index in [1.54, 1.807) is 6.07 Å². The first-order chi connectivity index (χ1) is 11.1. The van der Waals surface area contributed by atoms with E-state index in [1.807, 2.05) is 32.1 Å². The lowest BCUT2D eigenvalue weighted by atomic mass is 9.98. The third-order valence-corrected chi connectivity index (χ3v) is 4.03. The van der Waals surface area contributed by atoms with Gasteiger partial charge in [-0.3, -0.25) is 0 Å². The van der Waals surface area contributed by atoms with E-state index >= 15 is 0 Å². The van der Waals surface area contributed by atoms with Crippen LogP contribution in [0.5, 0.6) is 0 Å². The number of hydrogen-bond acceptors (Lipinski definition) is 4. The summed E-state index contributed by atoms with van der Waals surface area (Å²) in [5, 5.41) is 3.17. The maximum absolute atomic E-state index is 14.1. The molecule has 0 amide bonds. The fourth-order valence-corrected chi connectivity index (χ4v) is 2.86. The highest BCUT2D eigenvalue weighted by atomic mass is 19.1. The standard InChI is InChI=1S/C18H21FN4/c1-4-20-18-21-12(3)15-10-13(11-23(5-2)17(15)22-18)14-8-6-7-9-16(14)19/h6-10H,4-5,11H2,1-3H3,(H,20,21,22). The summed E-state index contributed by atoms with van der Waals surface area (Å²) < 4.78 is 14.1. The molecule has 0 saturated heterocycles. The van der Waals surface area contributed by atoms with Crippen LogP contribution >= 0.6 is 0 Å². The minimum atomic E-state index is -0.193. The number of nitrogens with one attached hydrogen (secondary N) is 1. The van der Waals surface area contributed by atoms with Gasteiger partial charge in [0.1, 0.15) is 11.6 Å². The van der Waals surface area contributed by atoms with Crippen molar-refractivity contribution in [3.63, 3.8) is 0 Å². The summed E-state index contributed by atoms with van der Waals surface area (Å²) in [7, 11) is 0. The average Bonchev–Trinajstić information content (AvgIpc) is 2.55. The van der Waals surface area contributed by atoms with Crippen LogP contribution in [0.15, 0.2) is 24.3 Å². The minimum absolute atomic E-state index is 0.193. The molecule has 0 fully saturated rings. The molecule has 0 radical (unpaired) electrons. The smallest absolute Gasteiger partial charge is 0.224 e. The number of hydrogen-bond donors (Lipinski definition) is 1. The van der Waals surface area contributed by atoms with Crippen molar-refractivity contribution in [1.29, 1.82) is 0 Å². The summed E-state index contributed by atoms with van der Waals surface area (Å²) in [4.78, 5) is 11.3. The SMILES string of the molecule is CCNc1nc(C)c2c(n1)N(CC)CC(c1ccccc1F)=C2. The Morgan fingerprint density at radius 2 is 2.00 bits per heavy atom. The van der Waals surface area contributed by atoms with Gasteiger partial charge < -0.3 is 10.2 Å². The molecular formula is C18H21FN4. The summed E-state index contributed by atoms with van der Waals surface area (Å²) in [6.45, 7) is 8.30. The topological polar surface area (TPSA) is 41.1 Å². The van der Waals surface area contributed by atoms with Gasteiger partial charge in [-0.1, -0.05) is 18.2 Å². The first-order valence-corrected chi connectivity index (χ1v) is 7.97. The predicted molar refractivity (Wildman–Crippen MR) is 93.1 cm³/mol. The zero-order valence-electron chi connectivity index (χ0n) is 13.7. The maximum atomic E-state index is 14.1. The van der Waals surface area contributed by atoms with E-state index in [-0.39, 0.29) is 5.82 Å². The quantitative estimate of drug-likeness (QED) is 0.934. The highest BCUT2D eigenvalue weighted by Crippen LogP contribution is 2.34. The Kier molecular flexibility index (Phi) is 4.28. The van der Waals surface area contributed by atoms with Crippen molar-refractivity contribution < 1.29 is 4.39 Å². The van der Waals surface area contributed by atoms with Gasteiger partial charge >= 0.3 is 0 Å². The van der Waals surface area contributed by atoms with Crippen LogP contribution in [0.25, 0.3) is 11.6 Å². The molecule has 1 N–H and O–H groups in total. The molecule has 1 aliphatic rings. The van der Waals surface area contributed by atoms with Crippen LogP contribution in [0, 0.1) is 12.7 Å². The number of nitrogens with zero attached hydrogens (tertiary/aromatic N) is 3. The highest BCUT2D eigenvalue weighted by Gasteiger charge is 2.23. The van der Waals surface area contributed by atoms with Crippen LogP contribution in [0.2, 0.25) is 0 Å². The number of fused-ring (bicyclic) bond motifs is 1. The number of rotatable bonds is 4. The summed E-state index contributed by atoms with van der Waals surface area (Å²) >= 11 is 0. The van der Waals surface area contributed by atoms with Crippen molar-refractivity contribution in [3.8, 4) is 0 Å². The van der Waals surface area contributed by atoms with Gasteiger partial charge in [0, 0.05) is 30.8 Å². The second-order valence-corrected chi connectivity index (χ2v) is 5.56. The first-order valence-electron chi connectivity index (χ1n) is 7.97. The van der Waals surface area contributed by atoms with Crippen LogP contribution in [0.3, 0.4) is 0 Å². The van der Waals surface area contributed by atoms with Crippen LogP contribution in [-0.4, -0.2) is 29.6 Å². The Morgan fingerprint density at radius 1 is 1.22 bits per heavy atom. The third-order valence-electron chi connectivity index (χ3n) is 4.03. The minimum Gasteiger partial charge on any atom is -0.354 e. The van der Waals surface area contributed by atoms with Gasteiger partial charge in [0.15, 0.2) is 0 Å². The van der Waals surface area contributed by atoms with E-state index in [9.17, 15) is 4.39 Å². The van der Waals surface area contributed by atoms with E-state index in [2.05, 4.69) is 27.1 Å². The zero-order valence-corrected chi connectivity index (χ0v) is 13.7. The normalized spacial score (nSPS) is 13.6. The lowest BCUT2D eigenvalue weighted by Gasteiger charge is -2.30. The third kappa shape index (κ3) is 2.91. The van der Waals surface area contributed by atoms with E-state index in [0.29, 0.717) is 18.1 Å². The molecule has 0 saturated carbocycles. The number of aromatic nitrogens is 2. The molecule has 2 aromatic rings. The summed E-state index contributed by atoms with van der Waals surface area (Å²) in [6, 6.07) is 6.90. The fraction of sp³-hybridized carbons (Fsp3) is 0.333. The second-order valence-electron chi connectivity index (χ2n) is 5.56. The van der Waals surface area contributed by atoms with Gasteiger partial charge in [-0.2, -0.15) is 4.98 Å². The molecule has 0 spiro atoms. The van der Waals surface area contributed by atoms with Gasteiger partial charge in [0.25, 0.3) is 0 Å². The van der Waals surface area contributed by atoms with Crippen LogP contribution in [0.4, 0.5) is 16.2 Å². The van der Waals surface area contributed by atoms with Crippen LogP contribution in [-0.2, 0) is 0 Å². The molecular weight excluding hydrogens is 291 g/mol. The maximum Gasteiger partial charge on any atom is 0.224 e. The molecule has 4 nitrogen and oxygen atoms in total. The van der Waals surface area contributed by atoms with E-state index in [0.717, 1.165) is 35.7 Å². The Hall–Kier alpha value is -2.43. The number of anilines is 2. The largest absolute Gasteiger partial charge is 0.354 e. The molecule has 1 aliphatic heterocycles. The lowest BCUT2D eigenvalue weighted by Crippen LogP contribution is -2.30. The van der Waals surface area contributed by atoms with Gasteiger partial charge in [0.2, 0.25) is 5.95 Å². The summed E-state index contributed by atoms with van der Waals surface area (Å²) in [5.74, 6) is 1.36. The van der Waals surface area contributed by atoms with Crippen LogP contribution < -0.4 is 10.2 Å². The Balaban J connectivity index is 2.12. The number of aryl methyl sites for hydroxylation is 1. The predicted octanol–water partition coefficient (Wildman–Crippen LogP) is 3.74. The second kappa shape index (κ2) is 6.36. The van der Waals surface area contributed by atoms with Crippen LogP contribution in [0.1, 0.15) is 30.7 Å². The van der Waals surface area contributed by atoms with Crippen molar-refractivity contribution in [3.05, 3.63) is 46.9 Å². The van der Waals surface area contributed by atoms with E-state index < -0.39 is 0 Å². The summed E-state index contributed by atoms with van der Waals surface area (Å²) in [6.07, 6.45) is 2.02. The van der Waals surface area contributed by atoms with Crippen molar-refractivity contribution in [2.45, 2.75) is 20.8 Å². The number of halogens is 1. The molecule has 120 valence electrons. The lowest BCUT2D eigenvalue weighted by molar-refractivity contribution is 0.623. The fourth-order valence-electron chi connectivity index (χ4n) is 2.86. The molecule has 0 atom stereocenters.